The summed E-state index contributed by atoms with van der Waals surface area (Å²) in [5.41, 5.74) is 0. The fraction of sp³-hybridized carbons (Fsp3) is 0.176. The molecule has 0 aromatic carbocycles. The molecule has 0 spiro atoms. The van der Waals surface area contributed by atoms with Crippen molar-refractivity contribution in [1.29, 1.82) is 0 Å². The first-order chi connectivity index (χ1) is 11.2. The van der Waals surface area contributed by atoms with Gasteiger partial charge in [0.25, 0.3) is 12.1 Å². The van der Waals surface area contributed by atoms with Crippen LogP contribution in [0.15, 0.2) is 63.5 Å². The van der Waals surface area contributed by atoms with Crippen LogP contribution in [0.5, 0.6) is 0 Å². The molecule has 0 N–H and O–H groups in total. The summed E-state index contributed by atoms with van der Waals surface area (Å²) in [6.07, 6.45) is 7.34. The van der Waals surface area contributed by atoms with Crippen molar-refractivity contribution in [2.24, 2.45) is 5.92 Å². The van der Waals surface area contributed by atoms with E-state index in [4.69, 9.17) is 18.3 Å². The van der Waals surface area contributed by atoms with Gasteiger partial charge in [-0.2, -0.15) is 0 Å². The van der Waals surface area contributed by atoms with Crippen LogP contribution in [0.4, 0.5) is 0 Å². The molecule has 0 aliphatic carbocycles. The molecule has 23 heavy (non-hydrogen) atoms. The molecule has 0 amide bonds. The highest BCUT2D eigenvalue weighted by atomic mass is 16.7. The Labute approximate surface area is 131 Å². The number of fused-ring (bicyclic) bond motifs is 1. The van der Waals surface area contributed by atoms with Gasteiger partial charge in [-0.3, -0.25) is 4.79 Å². The van der Waals surface area contributed by atoms with Crippen molar-refractivity contribution >= 4 is 17.8 Å². The van der Waals surface area contributed by atoms with E-state index in [1.807, 2.05) is 0 Å². The van der Waals surface area contributed by atoms with E-state index in [1.165, 1.54) is 6.26 Å². The van der Waals surface area contributed by atoms with Crippen LogP contribution in [0.3, 0.4) is 0 Å². The monoisotopic (exact) mass is 312 g/mol. The summed E-state index contributed by atoms with van der Waals surface area (Å²) in [5.74, 6) is -1.19. The summed E-state index contributed by atoms with van der Waals surface area (Å²) in [4.78, 5) is 24.0. The zero-order chi connectivity index (χ0) is 15.8. The molecule has 2 aliphatic rings. The smallest absolute Gasteiger partial charge is 0.378 e. The van der Waals surface area contributed by atoms with Crippen LogP contribution in [-0.2, 0) is 19.1 Å². The van der Waals surface area contributed by atoms with Crippen LogP contribution in [0.1, 0.15) is 17.4 Å². The van der Waals surface area contributed by atoms with E-state index in [2.05, 4.69) is 0 Å². The number of hydrogen-bond donors (Lipinski definition) is 0. The normalized spacial score (nSPS) is 28.3. The second-order valence-corrected chi connectivity index (χ2v) is 5.25. The Morgan fingerprint density at radius 2 is 1.83 bits per heavy atom. The van der Waals surface area contributed by atoms with E-state index in [1.54, 1.807) is 48.8 Å². The maximum absolute atomic E-state index is 12.2. The third-order valence-electron chi connectivity index (χ3n) is 3.82. The second-order valence-electron chi connectivity index (χ2n) is 5.25. The fourth-order valence-corrected chi connectivity index (χ4v) is 2.77. The lowest BCUT2D eigenvalue weighted by atomic mass is 9.82. The van der Waals surface area contributed by atoms with Crippen LogP contribution in [-0.4, -0.2) is 18.0 Å². The molecule has 4 heterocycles. The van der Waals surface area contributed by atoms with Crippen LogP contribution >= 0.6 is 0 Å². The number of furan rings is 2. The molecule has 0 saturated carbocycles. The van der Waals surface area contributed by atoms with Crippen molar-refractivity contribution in [3.63, 3.8) is 0 Å². The van der Waals surface area contributed by atoms with E-state index in [0.717, 1.165) is 0 Å². The van der Waals surface area contributed by atoms with Gasteiger partial charge in [-0.1, -0.05) is 6.08 Å². The third kappa shape index (κ3) is 2.38. The van der Waals surface area contributed by atoms with Crippen LogP contribution in [0.25, 0.3) is 6.08 Å². The summed E-state index contributed by atoms with van der Waals surface area (Å²) in [5, 5.41) is 0. The van der Waals surface area contributed by atoms with Gasteiger partial charge in [-0.25, -0.2) is 4.79 Å². The Kier molecular flexibility index (Phi) is 3.15. The maximum Gasteiger partial charge on any atom is 0.378 e. The lowest BCUT2D eigenvalue weighted by molar-refractivity contribution is -0.194. The maximum atomic E-state index is 12.2. The second kappa shape index (κ2) is 5.31. The lowest BCUT2D eigenvalue weighted by Gasteiger charge is -2.35. The van der Waals surface area contributed by atoms with Gasteiger partial charge in [0.15, 0.2) is 0 Å². The first-order valence-corrected chi connectivity index (χ1v) is 7.10. The summed E-state index contributed by atoms with van der Waals surface area (Å²) < 4.78 is 21.3. The quantitative estimate of drug-likeness (QED) is 0.626. The molecule has 1 fully saturated rings. The summed E-state index contributed by atoms with van der Waals surface area (Å²) in [6.45, 7) is 0. The van der Waals surface area contributed by atoms with Crippen LogP contribution in [0, 0.1) is 5.92 Å². The molecule has 6 heteroatoms. The average Bonchev–Trinajstić information content (AvgIpc) is 3.22. The topological polar surface area (TPSA) is 78.9 Å². The van der Waals surface area contributed by atoms with Crippen LogP contribution in [0.2, 0.25) is 0 Å². The lowest BCUT2D eigenvalue weighted by Crippen LogP contribution is -2.46. The number of allylic oxidation sites excluding steroid dienone is 1. The van der Waals surface area contributed by atoms with Crippen molar-refractivity contribution in [3.05, 3.63) is 66.2 Å². The minimum absolute atomic E-state index is 0.424. The van der Waals surface area contributed by atoms with Gasteiger partial charge in [-0.15, -0.1) is 0 Å². The Morgan fingerprint density at radius 1 is 1.00 bits per heavy atom. The fourth-order valence-electron chi connectivity index (χ4n) is 2.77. The SMILES string of the molecule is O=C1OC2OC(=Cc3ccco3)C=CC2C(c2ccco2)C1=O. The zero-order valence-corrected chi connectivity index (χ0v) is 11.9. The number of ether oxygens (including phenoxy) is 2. The molecule has 2 aromatic heterocycles. The Hall–Kier alpha value is -3.02. The van der Waals surface area contributed by atoms with E-state index in [9.17, 15) is 9.59 Å². The van der Waals surface area contributed by atoms with E-state index in [-0.39, 0.29) is 0 Å². The van der Waals surface area contributed by atoms with E-state index in [0.29, 0.717) is 17.3 Å². The number of esters is 1. The highest BCUT2D eigenvalue weighted by molar-refractivity contribution is 6.36. The number of Topliss-reactive ketones (excluding diaryl/α,β-unsaturated/α-hetero) is 1. The molecule has 3 atom stereocenters. The number of ketones is 1. The number of hydrogen-bond acceptors (Lipinski definition) is 6. The standard InChI is InChI=1S/C17H12O6/c18-15-14(13-4-2-8-21-13)12-6-5-11(9-10-3-1-7-20-10)22-17(12)23-16(15)19/h1-9,12,14,17H. The summed E-state index contributed by atoms with van der Waals surface area (Å²) >= 11 is 0. The van der Waals surface area contributed by atoms with Gasteiger partial charge in [0.2, 0.25) is 0 Å². The average molecular weight is 312 g/mol. The molecule has 0 radical (unpaired) electrons. The number of rotatable bonds is 2. The number of carbonyl (C=O) groups excluding carboxylic acids is 2. The summed E-state index contributed by atoms with van der Waals surface area (Å²) in [7, 11) is 0. The predicted molar refractivity (Wildman–Crippen MR) is 76.7 cm³/mol. The van der Waals surface area contributed by atoms with Crippen molar-refractivity contribution < 1.29 is 27.9 Å². The highest BCUT2D eigenvalue weighted by Crippen LogP contribution is 2.39. The van der Waals surface area contributed by atoms with Gasteiger partial charge in [0.05, 0.1) is 18.4 Å². The summed E-state index contributed by atoms with van der Waals surface area (Å²) in [6, 6.07) is 6.87. The molecule has 0 bridgehead atoms. The van der Waals surface area contributed by atoms with Gasteiger partial charge >= 0.3 is 5.97 Å². The predicted octanol–water partition coefficient (Wildman–Crippen LogP) is 2.65. The van der Waals surface area contributed by atoms with Gasteiger partial charge in [0.1, 0.15) is 23.2 Å². The molecule has 3 unspecified atom stereocenters. The number of carbonyl (C=O) groups is 2. The van der Waals surface area contributed by atoms with Gasteiger partial charge in [0, 0.05) is 6.08 Å². The van der Waals surface area contributed by atoms with Crippen LogP contribution < -0.4 is 0 Å². The van der Waals surface area contributed by atoms with E-state index < -0.39 is 29.9 Å². The molecular formula is C17H12O6. The highest BCUT2D eigenvalue weighted by Gasteiger charge is 2.48. The molecule has 2 aromatic rings. The molecule has 4 rings (SSSR count). The van der Waals surface area contributed by atoms with Crippen molar-refractivity contribution in [3.8, 4) is 0 Å². The molecule has 1 saturated heterocycles. The molecule has 6 nitrogen and oxygen atoms in total. The third-order valence-corrected chi connectivity index (χ3v) is 3.82. The molecule has 2 aliphatic heterocycles. The van der Waals surface area contributed by atoms with Crippen molar-refractivity contribution in [1.82, 2.24) is 0 Å². The Bertz CT molecular complexity index is 781. The van der Waals surface area contributed by atoms with Gasteiger partial charge < -0.3 is 18.3 Å². The molecule has 116 valence electrons. The Balaban J connectivity index is 1.67. The van der Waals surface area contributed by atoms with Gasteiger partial charge in [-0.05, 0) is 30.3 Å². The molecular weight excluding hydrogens is 300 g/mol. The Morgan fingerprint density at radius 3 is 2.57 bits per heavy atom. The van der Waals surface area contributed by atoms with E-state index >= 15 is 0 Å². The zero-order valence-electron chi connectivity index (χ0n) is 11.9. The minimum atomic E-state index is -0.916. The van der Waals surface area contributed by atoms with Crippen molar-refractivity contribution in [2.45, 2.75) is 12.2 Å². The minimum Gasteiger partial charge on any atom is -0.469 e. The van der Waals surface area contributed by atoms with Crippen molar-refractivity contribution in [2.75, 3.05) is 0 Å². The first-order valence-electron chi connectivity index (χ1n) is 7.10. The first kappa shape index (κ1) is 13.6. The largest absolute Gasteiger partial charge is 0.469 e.